The summed E-state index contributed by atoms with van der Waals surface area (Å²) in [7, 11) is -2.34. The molecule has 13 heteroatoms. The first kappa shape index (κ1) is 22.6. The normalized spacial score (nSPS) is 13.9. The Kier molecular flexibility index (Phi) is 7.59. The maximum Gasteiger partial charge on any atom is 0.433 e. The third kappa shape index (κ3) is 7.03. The van der Waals surface area contributed by atoms with E-state index in [1.165, 1.54) is 24.3 Å². The molecule has 1 heterocycles. The van der Waals surface area contributed by atoms with Crippen LogP contribution in [0.3, 0.4) is 0 Å². The molecule has 1 aromatic heterocycles. The summed E-state index contributed by atoms with van der Waals surface area (Å²) in [5, 5.41) is 12.1. The number of aliphatic hydroxyl groups is 1. The van der Waals surface area contributed by atoms with Gasteiger partial charge in [0.05, 0.1) is 18.3 Å². The van der Waals surface area contributed by atoms with Crippen LogP contribution in [-0.2, 0) is 21.3 Å². The van der Waals surface area contributed by atoms with E-state index < -0.39 is 28.8 Å². The molecule has 5 N–H and O–H groups in total. The van der Waals surface area contributed by atoms with Gasteiger partial charge in [-0.15, -0.1) is 0 Å². The average molecular weight is 433 g/mol. The smallest absolute Gasteiger partial charge is 0.433 e. The molecule has 1 aromatic carbocycles. The van der Waals surface area contributed by atoms with Crippen molar-refractivity contribution in [2.45, 2.75) is 26.1 Å². The number of hydrogen-bond acceptors (Lipinski definition) is 9. The molecular formula is C16H20F3N6O3S-. The fourth-order valence-electron chi connectivity index (χ4n) is 2.14. The van der Waals surface area contributed by atoms with Crippen LogP contribution in [0.1, 0.15) is 19.5 Å². The fraction of sp³-hybridized carbons (Fsp3) is 0.375. The lowest BCUT2D eigenvalue weighted by Gasteiger charge is -2.21. The Morgan fingerprint density at radius 2 is 1.83 bits per heavy atom. The van der Waals surface area contributed by atoms with Crippen LogP contribution >= 0.6 is 0 Å². The quantitative estimate of drug-likeness (QED) is 0.242. The van der Waals surface area contributed by atoms with Crippen LogP contribution in [0.15, 0.2) is 34.7 Å². The lowest BCUT2D eigenvalue weighted by Crippen LogP contribution is -2.31. The molecule has 0 bridgehead atoms. The van der Waals surface area contributed by atoms with E-state index in [-0.39, 0.29) is 30.0 Å². The minimum Gasteiger partial charge on any atom is -0.454 e. The van der Waals surface area contributed by atoms with Gasteiger partial charge in [-0.05, 0) is 30.2 Å². The number of halogens is 3. The number of anilines is 3. The summed E-state index contributed by atoms with van der Waals surface area (Å²) in [5.74, 6) is -0.498. The van der Waals surface area contributed by atoms with Gasteiger partial charge in [-0.3, -0.25) is 10.9 Å². The first-order chi connectivity index (χ1) is 13.6. The number of hydrazine groups is 1. The summed E-state index contributed by atoms with van der Waals surface area (Å²) in [4.78, 5) is 7.47. The first-order valence-electron chi connectivity index (χ1n) is 8.37. The molecule has 29 heavy (non-hydrogen) atoms. The fourth-order valence-corrected chi connectivity index (χ4v) is 2.44. The summed E-state index contributed by atoms with van der Waals surface area (Å²) in [5.41, 5.74) is 4.78. The highest BCUT2D eigenvalue weighted by Gasteiger charge is 2.34. The van der Waals surface area contributed by atoms with Crippen molar-refractivity contribution in [1.82, 2.24) is 9.97 Å². The highest BCUT2D eigenvalue weighted by atomic mass is 32.2. The number of benzene rings is 1. The van der Waals surface area contributed by atoms with Gasteiger partial charge in [0.25, 0.3) is 0 Å². The van der Waals surface area contributed by atoms with E-state index in [1.807, 2.05) is 0 Å². The molecule has 9 nitrogen and oxygen atoms in total. The van der Waals surface area contributed by atoms with Crippen molar-refractivity contribution in [3.8, 4) is 0 Å². The van der Waals surface area contributed by atoms with Gasteiger partial charge in [0, 0.05) is 11.8 Å². The third-order valence-corrected chi connectivity index (χ3v) is 4.09. The maximum absolute atomic E-state index is 13.2. The molecule has 160 valence electrons. The maximum atomic E-state index is 13.2. The number of alkyl halides is 3. The summed E-state index contributed by atoms with van der Waals surface area (Å²) in [6, 6.07) is 6.11. The molecule has 0 radical (unpaired) electrons. The van der Waals surface area contributed by atoms with Crippen molar-refractivity contribution in [2.24, 2.45) is 10.3 Å². The molecule has 2 aromatic rings. The van der Waals surface area contributed by atoms with Gasteiger partial charge in [0.2, 0.25) is 5.95 Å². The molecule has 0 saturated carbocycles. The second kappa shape index (κ2) is 9.71. The zero-order valence-corrected chi connectivity index (χ0v) is 16.3. The number of aromatic nitrogens is 2. The Balaban J connectivity index is 2.21. The molecule has 0 amide bonds. The van der Waals surface area contributed by atoms with Gasteiger partial charge < -0.3 is 23.5 Å². The molecule has 0 aliphatic heterocycles. The monoisotopic (exact) mass is 433 g/mol. The Bertz CT molecular complexity index is 902. The van der Waals surface area contributed by atoms with Crippen LogP contribution < -0.4 is 16.2 Å². The van der Waals surface area contributed by atoms with Crippen molar-refractivity contribution in [3.05, 3.63) is 36.0 Å². The molecule has 0 spiro atoms. The zero-order valence-electron chi connectivity index (χ0n) is 15.4. The second-order valence-electron chi connectivity index (χ2n) is 6.26. The van der Waals surface area contributed by atoms with Crippen LogP contribution in [0, 0.1) is 5.92 Å². The van der Waals surface area contributed by atoms with Crippen LogP contribution in [0.4, 0.5) is 36.3 Å². The van der Waals surface area contributed by atoms with Crippen LogP contribution in [-0.4, -0.2) is 32.3 Å². The number of nitrogens with zero attached hydrogens (tertiary/aromatic N) is 3. The Morgan fingerprint density at radius 1 is 1.17 bits per heavy atom. The summed E-state index contributed by atoms with van der Waals surface area (Å²) >= 11 is 0. The van der Waals surface area contributed by atoms with Crippen LogP contribution in [0.5, 0.6) is 0 Å². The van der Waals surface area contributed by atoms with Crippen molar-refractivity contribution in [3.63, 3.8) is 0 Å². The van der Waals surface area contributed by atoms with E-state index in [2.05, 4.69) is 30.5 Å². The van der Waals surface area contributed by atoms with E-state index in [0.717, 1.165) is 6.07 Å². The lowest BCUT2D eigenvalue weighted by molar-refractivity contribution is -0.141. The van der Waals surface area contributed by atoms with Crippen LogP contribution in [0.25, 0.3) is 0 Å². The third-order valence-electron chi connectivity index (χ3n) is 3.72. The van der Waals surface area contributed by atoms with Crippen molar-refractivity contribution in [2.75, 3.05) is 22.8 Å². The molecule has 0 unspecified atom stereocenters. The van der Waals surface area contributed by atoms with Gasteiger partial charge in [-0.1, -0.05) is 24.7 Å². The van der Waals surface area contributed by atoms with Gasteiger partial charge in [0.15, 0.2) is 11.5 Å². The van der Waals surface area contributed by atoms with E-state index in [9.17, 15) is 22.5 Å². The van der Waals surface area contributed by atoms with Crippen LogP contribution in [0.2, 0.25) is 0 Å². The van der Waals surface area contributed by atoms with Gasteiger partial charge in [-0.2, -0.15) is 18.2 Å². The molecule has 1 atom stereocenters. The number of rotatable bonds is 8. The summed E-state index contributed by atoms with van der Waals surface area (Å²) < 4.78 is 62.3. The van der Waals surface area contributed by atoms with E-state index in [4.69, 9.17) is 4.55 Å². The van der Waals surface area contributed by atoms with Crippen molar-refractivity contribution >= 4 is 34.0 Å². The standard InChI is InChI=1S/C16H20F3N6O3S/c1-9(2)12(8-26)20-15-21-13(16(17,18)19)7-14(22-15)24-23-10-3-5-11(6-4-10)25-29(27)28/h3-7,9,12,23,26H,8H2,1-2H3,(H,25,27,28)(H2,20,21,22,24)/q-1/t12-/m1/s1. The topological polar surface area (TPSA) is 132 Å². The van der Waals surface area contributed by atoms with Gasteiger partial charge in [0.1, 0.15) is 0 Å². The van der Waals surface area contributed by atoms with E-state index in [0.29, 0.717) is 5.69 Å². The van der Waals surface area contributed by atoms with Crippen molar-refractivity contribution in [1.29, 1.82) is 0 Å². The zero-order chi connectivity index (χ0) is 21.6. The average Bonchev–Trinajstić information content (AvgIpc) is 2.64. The number of aliphatic hydroxyl groups excluding tert-OH is 1. The lowest BCUT2D eigenvalue weighted by atomic mass is 10.1. The predicted molar refractivity (Wildman–Crippen MR) is 103 cm³/mol. The minimum atomic E-state index is -4.69. The number of hydrogen-bond donors (Lipinski definition) is 5. The van der Waals surface area contributed by atoms with E-state index >= 15 is 0 Å². The van der Waals surface area contributed by atoms with E-state index in [1.54, 1.807) is 13.8 Å². The highest BCUT2D eigenvalue weighted by Crippen LogP contribution is 2.30. The summed E-state index contributed by atoms with van der Waals surface area (Å²) in [6.07, 6.45) is -4.69. The van der Waals surface area contributed by atoms with Crippen molar-refractivity contribution < 1.29 is 27.0 Å². The molecular weight excluding hydrogens is 413 g/mol. The second-order valence-corrected chi connectivity index (χ2v) is 6.90. The molecule has 0 aliphatic rings. The molecule has 2 rings (SSSR count). The molecule has 0 aliphatic carbocycles. The molecule has 0 fully saturated rings. The highest BCUT2D eigenvalue weighted by molar-refractivity contribution is 7.68. The number of nitrogens with one attached hydrogen (secondary N) is 3. The SMILES string of the molecule is CC(C)[C@@H](CO)Nc1nc(NNc2ccc(N=[S-](=O)O)cc2)cc(C(F)(F)F)n1. The molecule has 0 saturated heterocycles. The Morgan fingerprint density at radius 3 is 2.34 bits per heavy atom. The largest absolute Gasteiger partial charge is 0.454 e. The van der Waals surface area contributed by atoms with Gasteiger partial charge in [-0.25, -0.2) is 4.98 Å². The first-order valence-corrected chi connectivity index (χ1v) is 9.43. The predicted octanol–water partition coefficient (Wildman–Crippen LogP) is 3.62. The Hall–Kier alpha value is -2.64. The Labute approximate surface area is 166 Å². The summed E-state index contributed by atoms with van der Waals surface area (Å²) in [6.45, 7) is 3.29. The minimum absolute atomic E-state index is 0.0649. The van der Waals surface area contributed by atoms with Gasteiger partial charge >= 0.3 is 6.18 Å².